The van der Waals surface area contributed by atoms with Crippen LogP contribution in [0.2, 0.25) is 0 Å². The predicted molar refractivity (Wildman–Crippen MR) is 124 cm³/mol. The molecule has 33 heavy (non-hydrogen) atoms. The number of aromatic nitrogens is 1. The Morgan fingerprint density at radius 1 is 1.12 bits per heavy atom. The number of ketones is 1. The lowest BCUT2D eigenvalue weighted by atomic mass is 10.0. The van der Waals surface area contributed by atoms with E-state index in [1.165, 1.54) is 23.5 Å². The van der Waals surface area contributed by atoms with Crippen LogP contribution in [-0.2, 0) is 21.3 Å². The smallest absolute Gasteiger partial charge is 0.354 e. The molecule has 1 aromatic heterocycles. The minimum Gasteiger partial charge on any atom is -0.464 e. The lowest BCUT2D eigenvalue weighted by Gasteiger charge is -2.28. The highest BCUT2D eigenvalue weighted by Gasteiger charge is 2.36. The van der Waals surface area contributed by atoms with Crippen molar-refractivity contribution in [2.75, 3.05) is 13.7 Å². The first kappa shape index (κ1) is 26.7. The van der Waals surface area contributed by atoms with Crippen LogP contribution in [0.5, 0.6) is 0 Å². The van der Waals surface area contributed by atoms with Gasteiger partial charge >= 0.3 is 5.97 Å². The van der Waals surface area contributed by atoms with Crippen molar-refractivity contribution < 1.29 is 27.1 Å². The number of nitrogens with zero attached hydrogens (tertiary/aromatic N) is 2. The van der Waals surface area contributed by atoms with Gasteiger partial charge in [0.05, 0.1) is 18.0 Å². The third kappa shape index (κ3) is 5.35. The monoisotopic (exact) mass is 480 g/mol. The summed E-state index contributed by atoms with van der Waals surface area (Å²) < 4.78 is 48.1. The molecule has 0 radical (unpaired) electrons. The Kier molecular flexibility index (Phi) is 8.59. The summed E-state index contributed by atoms with van der Waals surface area (Å²) in [5.41, 5.74) is 1.63. The van der Waals surface area contributed by atoms with E-state index in [0.29, 0.717) is 29.8 Å². The SMILES string of the molecule is CCn1c(C)c(C(=O)C(C)N(CCC(C)C)S(=O)(=O)c2ccc(F)cc2)c(C)c1C(=O)OC. The summed E-state index contributed by atoms with van der Waals surface area (Å²) >= 11 is 0. The maximum absolute atomic E-state index is 13.7. The molecule has 2 aromatic rings. The van der Waals surface area contributed by atoms with E-state index in [2.05, 4.69) is 0 Å². The third-order valence-electron chi connectivity index (χ3n) is 5.87. The Balaban J connectivity index is 2.58. The molecule has 0 saturated carbocycles. The summed E-state index contributed by atoms with van der Waals surface area (Å²) in [6.45, 7) is 11.3. The van der Waals surface area contributed by atoms with Gasteiger partial charge in [-0.3, -0.25) is 4.79 Å². The number of halogens is 1. The number of hydrogen-bond acceptors (Lipinski definition) is 5. The van der Waals surface area contributed by atoms with Crippen LogP contribution in [-0.4, -0.2) is 48.7 Å². The molecular formula is C24H33FN2O5S. The van der Waals surface area contributed by atoms with Crippen molar-refractivity contribution in [2.45, 2.75) is 65.4 Å². The van der Waals surface area contributed by atoms with Gasteiger partial charge in [0.1, 0.15) is 11.5 Å². The Bertz CT molecular complexity index is 1120. The van der Waals surface area contributed by atoms with Gasteiger partial charge in [0.2, 0.25) is 10.0 Å². The van der Waals surface area contributed by atoms with Gasteiger partial charge in [-0.2, -0.15) is 4.31 Å². The first-order valence-electron chi connectivity index (χ1n) is 11.0. The zero-order valence-electron chi connectivity index (χ0n) is 20.3. The van der Waals surface area contributed by atoms with E-state index in [9.17, 15) is 22.4 Å². The average molecular weight is 481 g/mol. The molecule has 2 rings (SSSR count). The molecule has 7 nitrogen and oxygen atoms in total. The first-order valence-corrected chi connectivity index (χ1v) is 12.4. The predicted octanol–water partition coefficient (Wildman–Crippen LogP) is 4.36. The summed E-state index contributed by atoms with van der Waals surface area (Å²) in [5, 5.41) is 0. The fourth-order valence-corrected chi connectivity index (χ4v) is 5.61. The molecule has 1 heterocycles. The molecule has 182 valence electrons. The zero-order valence-corrected chi connectivity index (χ0v) is 21.1. The van der Waals surface area contributed by atoms with Crippen LogP contribution in [0.3, 0.4) is 0 Å². The van der Waals surface area contributed by atoms with Crippen LogP contribution in [0.1, 0.15) is 66.2 Å². The molecule has 9 heteroatoms. The van der Waals surface area contributed by atoms with Crippen molar-refractivity contribution in [3.05, 3.63) is 52.6 Å². The summed E-state index contributed by atoms with van der Waals surface area (Å²) in [4.78, 5) is 25.9. The molecule has 0 saturated heterocycles. The van der Waals surface area contributed by atoms with Crippen LogP contribution in [0, 0.1) is 25.6 Å². The molecule has 0 aliphatic carbocycles. The van der Waals surface area contributed by atoms with Gasteiger partial charge in [-0.05, 0) is 69.9 Å². The summed E-state index contributed by atoms with van der Waals surface area (Å²) in [5.74, 6) is -1.31. The van der Waals surface area contributed by atoms with Crippen LogP contribution >= 0.6 is 0 Å². The van der Waals surface area contributed by atoms with E-state index in [1.807, 2.05) is 20.8 Å². The van der Waals surface area contributed by atoms with Gasteiger partial charge < -0.3 is 9.30 Å². The minimum atomic E-state index is -4.07. The Hall–Kier alpha value is -2.52. The molecule has 0 amide bonds. The van der Waals surface area contributed by atoms with Gasteiger partial charge in [0, 0.05) is 24.3 Å². The molecule has 0 spiro atoms. The highest BCUT2D eigenvalue weighted by atomic mass is 32.2. The topological polar surface area (TPSA) is 85.7 Å². The molecular weight excluding hydrogens is 447 g/mol. The normalized spacial score (nSPS) is 12.9. The Morgan fingerprint density at radius 3 is 2.18 bits per heavy atom. The number of methoxy groups -OCH3 is 1. The van der Waals surface area contributed by atoms with Crippen molar-refractivity contribution in [2.24, 2.45) is 5.92 Å². The van der Waals surface area contributed by atoms with E-state index in [0.717, 1.165) is 12.1 Å². The van der Waals surface area contributed by atoms with Crippen molar-refractivity contribution in [3.8, 4) is 0 Å². The number of benzene rings is 1. The standard InChI is InChI=1S/C24H33FN2O5S/c1-8-26-17(5)21(16(4)22(26)24(29)32-7)23(28)18(6)27(14-13-15(2)3)33(30,31)20-11-9-19(25)10-12-20/h9-12,15,18H,8,13-14H2,1-7H3. The number of carbonyl (C=O) groups is 2. The fraction of sp³-hybridized carbons (Fsp3) is 0.500. The largest absolute Gasteiger partial charge is 0.464 e. The summed E-state index contributed by atoms with van der Waals surface area (Å²) in [7, 11) is -2.80. The summed E-state index contributed by atoms with van der Waals surface area (Å²) in [6, 6.07) is 3.53. The van der Waals surface area contributed by atoms with Gasteiger partial charge in [-0.1, -0.05) is 13.8 Å². The quantitative estimate of drug-likeness (QED) is 0.373. The Morgan fingerprint density at radius 2 is 1.70 bits per heavy atom. The lowest BCUT2D eigenvalue weighted by Crippen LogP contribution is -2.44. The first-order chi connectivity index (χ1) is 15.4. The second kappa shape index (κ2) is 10.6. The highest BCUT2D eigenvalue weighted by molar-refractivity contribution is 7.89. The lowest BCUT2D eigenvalue weighted by molar-refractivity contribution is 0.0587. The second-order valence-electron chi connectivity index (χ2n) is 8.46. The van der Waals surface area contributed by atoms with E-state index in [-0.39, 0.29) is 23.1 Å². The van der Waals surface area contributed by atoms with Crippen molar-refractivity contribution in [1.82, 2.24) is 8.87 Å². The maximum Gasteiger partial charge on any atom is 0.354 e. The molecule has 0 N–H and O–H groups in total. The molecule has 0 aliphatic heterocycles. The van der Waals surface area contributed by atoms with Gasteiger partial charge in [0.15, 0.2) is 5.78 Å². The van der Waals surface area contributed by atoms with Gasteiger partial charge in [0.25, 0.3) is 0 Å². The van der Waals surface area contributed by atoms with Crippen LogP contribution in [0.4, 0.5) is 4.39 Å². The van der Waals surface area contributed by atoms with Gasteiger partial charge in [-0.25, -0.2) is 17.6 Å². The van der Waals surface area contributed by atoms with E-state index in [4.69, 9.17) is 4.74 Å². The molecule has 0 fully saturated rings. The molecule has 1 aromatic carbocycles. The van der Waals surface area contributed by atoms with Crippen LogP contribution in [0.15, 0.2) is 29.2 Å². The second-order valence-corrected chi connectivity index (χ2v) is 10.4. The molecule has 0 aliphatic rings. The van der Waals surface area contributed by atoms with Crippen LogP contribution < -0.4 is 0 Å². The minimum absolute atomic E-state index is 0.0814. The zero-order chi connectivity index (χ0) is 25.1. The van der Waals surface area contributed by atoms with Crippen molar-refractivity contribution in [3.63, 3.8) is 0 Å². The average Bonchev–Trinajstić information content (AvgIpc) is 3.01. The van der Waals surface area contributed by atoms with E-state index in [1.54, 1.807) is 25.3 Å². The number of hydrogen-bond donors (Lipinski definition) is 0. The number of sulfonamides is 1. The highest BCUT2D eigenvalue weighted by Crippen LogP contribution is 2.28. The van der Waals surface area contributed by atoms with Gasteiger partial charge in [-0.15, -0.1) is 0 Å². The third-order valence-corrected chi connectivity index (χ3v) is 7.85. The maximum atomic E-state index is 13.7. The van der Waals surface area contributed by atoms with E-state index >= 15 is 0 Å². The number of Topliss-reactive ketones (excluding diaryl/α,β-unsaturated/α-hetero) is 1. The molecule has 0 bridgehead atoms. The molecule has 1 unspecified atom stereocenters. The van der Waals surface area contributed by atoms with Crippen molar-refractivity contribution >= 4 is 21.8 Å². The van der Waals surface area contributed by atoms with E-state index < -0.39 is 33.6 Å². The number of esters is 1. The number of ether oxygens (including phenoxy) is 1. The number of rotatable bonds is 10. The number of carbonyl (C=O) groups excluding carboxylic acids is 2. The molecule has 1 atom stereocenters. The summed E-state index contributed by atoms with van der Waals surface area (Å²) in [6.07, 6.45) is 0.541. The van der Waals surface area contributed by atoms with Crippen molar-refractivity contribution in [1.29, 1.82) is 0 Å². The Labute approximate surface area is 195 Å². The fourth-order valence-electron chi connectivity index (χ4n) is 4.00. The van der Waals surface area contributed by atoms with Crippen LogP contribution in [0.25, 0.3) is 0 Å².